The number of carbonyl (C=O) groups excluding carboxylic acids is 1. The number of halogens is 1. The average molecular weight is 408 g/mol. The number of nitrogens with one attached hydrogen (secondary N) is 2. The van der Waals surface area contributed by atoms with Gasteiger partial charge in [0.05, 0.1) is 5.69 Å². The van der Waals surface area contributed by atoms with Crippen molar-refractivity contribution in [1.29, 1.82) is 0 Å². The first kappa shape index (κ1) is 20.3. The number of hydroxylamine groups is 1. The molecule has 1 fully saturated rings. The van der Waals surface area contributed by atoms with Crippen LogP contribution in [0.5, 0.6) is 0 Å². The highest BCUT2D eigenvalue weighted by atomic mass is 32.2. The molecule has 0 saturated carbocycles. The number of hydrogen-bond donors (Lipinski definition) is 3. The number of sulfonamides is 1. The highest BCUT2D eigenvalue weighted by molar-refractivity contribution is 7.89. The summed E-state index contributed by atoms with van der Waals surface area (Å²) in [5.74, 6) is -1.05. The van der Waals surface area contributed by atoms with Crippen LogP contribution in [-0.2, 0) is 14.8 Å². The molecular weight excluding hydrogens is 387 g/mol. The zero-order chi connectivity index (χ0) is 20.1. The van der Waals surface area contributed by atoms with Crippen LogP contribution in [0, 0.1) is 11.7 Å². The maximum Gasteiger partial charge on any atom is 0.262 e. The second kappa shape index (κ2) is 8.74. The van der Waals surface area contributed by atoms with Gasteiger partial charge in [-0.3, -0.25) is 15.0 Å². The summed E-state index contributed by atoms with van der Waals surface area (Å²) in [7, 11) is -4.20. The fourth-order valence-corrected chi connectivity index (χ4v) is 3.87. The highest BCUT2D eigenvalue weighted by Gasteiger charge is 2.24. The van der Waals surface area contributed by atoms with Crippen LogP contribution in [0.25, 0.3) is 11.3 Å². The SMILES string of the molecule is O=C(CC1CCNCC1)N(O)NS(=O)(=O)c1ccc(-c2cccc(F)c2)nc1. The zero-order valence-corrected chi connectivity index (χ0v) is 15.8. The molecule has 1 aromatic heterocycles. The van der Waals surface area contributed by atoms with Gasteiger partial charge in [0.15, 0.2) is 0 Å². The van der Waals surface area contributed by atoms with Gasteiger partial charge in [0.1, 0.15) is 10.7 Å². The van der Waals surface area contributed by atoms with E-state index in [1.54, 1.807) is 6.07 Å². The van der Waals surface area contributed by atoms with E-state index < -0.39 is 21.7 Å². The van der Waals surface area contributed by atoms with E-state index >= 15 is 0 Å². The Kier molecular flexibility index (Phi) is 6.35. The molecule has 2 aromatic rings. The molecule has 10 heteroatoms. The third-order valence-electron chi connectivity index (χ3n) is 4.53. The van der Waals surface area contributed by atoms with Crippen molar-refractivity contribution in [3.05, 3.63) is 48.4 Å². The van der Waals surface area contributed by atoms with Gasteiger partial charge in [-0.25, -0.2) is 12.8 Å². The molecule has 0 bridgehead atoms. The standard InChI is InChI=1S/C18H21FN4O4S/c19-15-3-1-2-14(11-15)17-5-4-16(12-21-17)28(26,27)22-23(25)18(24)10-13-6-8-20-9-7-13/h1-5,11-13,20,22,25H,6-10H2. The summed E-state index contributed by atoms with van der Waals surface area (Å²) in [6.07, 6.45) is 2.71. The van der Waals surface area contributed by atoms with Gasteiger partial charge in [-0.1, -0.05) is 17.0 Å². The van der Waals surface area contributed by atoms with E-state index in [0.29, 0.717) is 11.3 Å². The van der Waals surface area contributed by atoms with Gasteiger partial charge in [-0.05, 0) is 56.1 Å². The van der Waals surface area contributed by atoms with Crippen LogP contribution in [0.2, 0.25) is 0 Å². The lowest BCUT2D eigenvalue weighted by molar-refractivity contribution is -0.173. The second-order valence-corrected chi connectivity index (χ2v) is 8.25. The molecule has 0 aliphatic carbocycles. The molecule has 0 unspecified atom stereocenters. The van der Waals surface area contributed by atoms with Crippen LogP contribution in [0.4, 0.5) is 4.39 Å². The molecule has 0 radical (unpaired) electrons. The first-order valence-corrected chi connectivity index (χ1v) is 10.3. The fraction of sp³-hybridized carbons (Fsp3) is 0.333. The van der Waals surface area contributed by atoms with Gasteiger partial charge in [0, 0.05) is 18.2 Å². The molecule has 3 rings (SSSR count). The number of hydrazine groups is 1. The zero-order valence-electron chi connectivity index (χ0n) is 15.0. The summed E-state index contributed by atoms with van der Waals surface area (Å²) in [5, 5.41) is 13.0. The van der Waals surface area contributed by atoms with E-state index in [1.165, 1.54) is 30.3 Å². The summed E-state index contributed by atoms with van der Waals surface area (Å²) < 4.78 is 38.0. The largest absolute Gasteiger partial charge is 0.317 e. The van der Waals surface area contributed by atoms with Crippen molar-refractivity contribution in [2.24, 2.45) is 5.92 Å². The first-order valence-electron chi connectivity index (χ1n) is 8.82. The monoisotopic (exact) mass is 408 g/mol. The van der Waals surface area contributed by atoms with Crippen LogP contribution in [-0.4, -0.2) is 42.8 Å². The van der Waals surface area contributed by atoms with Crippen LogP contribution in [0.3, 0.4) is 0 Å². The van der Waals surface area contributed by atoms with Crippen molar-refractivity contribution in [2.75, 3.05) is 13.1 Å². The topological polar surface area (TPSA) is 112 Å². The minimum absolute atomic E-state index is 0.0118. The van der Waals surface area contributed by atoms with Gasteiger partial charge in [-0.15, -0.1) is 5.17 Å². The Labute approximate surface area is 162 Å². The fourth-order valence-electron chi connectivity index (χ4n) is 2.99. The lowest BCUT2D eigenvalue weighted by Gasteiger charge is -2.23. The molecule has 1 aliphatic heterocycles. The van der Waals surface area contributed by atoms with Gasteiger partial charge < -0.3 is 5.32 Å². The van der Waals surface area contributed by atoms with Crippen molar-refractivity contribution in [1.82, 2.24) is 20.3 Å². The molecule has 1 aliphatic rings. The number of carbonyl (C=O) groups is 1. The number of rotatable bonds is 6. The van der Waals surface area contributed by atoms with E-state index in [0.717, 1.165) is 32.1 Å². The van der Waals surface area contributed by atoms with Crippen LogP contribution in [0.1, 0.15) is 19.3 Å². The van der Waals surface area contributed by atoms with Crippen molar-refractivity contribution >= 4 is 15.9 Å². The number of amides is 1. The normalized spacial score (nSPS) is 15.4. The highest BCUT2D eigenvalue weighted by Crippen LogP contribution is 2.20. The lowest BCUT2D eigenvalue weighted by atomic mass is 9.94. The Bertz CT molecular complexity index is 931. The molecular formula is C18H21FN4O4S. The summed E-state index contributed by atoms with van der Waals surface area (Å²) >= 11 is 0. The average Bonchev–Trinajstić information content (AvgIpc) is 2.68. The van der Waals surface area contributed by atoms with Crippen molar-refractivity contribution in [3.63, 3.8) is 0 Å². The summed E-state index contributed by atoms with van der Waals surface area (Å²) in [5.41, 5.74) is 0.888. The second-order valence-electron chi connectivity index (χ2n) is 6.59. The van der Waals surface area contributed by atoms with E-state index in [2.05, 4.69) is 10.3 Å². The molecule has 8 nitrogen and oxygen atoms in total. The Balaban J connectivity index is 1.65. The van der Waals surface area contributed by atoms with E-state index in [-0.39, 0.29) is 22.4 Å². The third kappa shape index (κ3) is 5.10. The maximum atomic E-state index is 13.3. The Hall–Kier alpha value is -2.40. The van der Waals surface area contributed by atoms with Gasteiger partial charge in [-0.2, -0.15) is 0 Å². The molecule has 1 aromatic carbocycles. The summed E-state index contributed by atoms with van der Waals surface area (Å²) in [4.78, 5) is 17.7. The Morgan fingerprint density at radius 2 is 2.04 bits per heavy atom. The van der Waals surface area contributed by atoms with Crippen molar-refractivity contribution < 1.29 is 22.8 Å². The first-order chi connectivity index (χ1) is 13.3. The summed E-state index contributed by atoms with van der Waals surface area (Å²) in [6, 6.07) is 8.43. The third-order valence-corrected chi connectivity index (χ3v) is 5.81. The van der Waals surface area contributed by atoms with Gasteiger partial charge >= 0.3 is 0 Å². The smallest absolute Gasteiger partial charge is 0.262 e. The van der Waals surface area contributed by atoms with Crippen molar-refractivity contribution in [3.8, 4) is 11.3 Å². The number of pyridine rings is 1. The molecule has 0 atom stereocenters. The predicted octanol–water partition coefficient (Wildman–Crippen LogP) is 1.69. The maximum absolute atomic E-state index is 13.3. The van der Waals surface area contributed by atoms with E-state index in [1.807, 2.05) is 4.83 Å². The van der Waals surface area contributed by atoms with Gasteiger partial charge in [0.2, 0.25) is 0 Å². The Morgan fingerprint density at radius 1 is 1.29 bits per heavy atom. The predicted molar refractivity (Wildman–Crippen MR) is 98.8 cm³/mol. The number of aromatic nitrogens is 1. The van der Waals surface area contributed by atoms with E-state index in [4.69, 9.17) is 0 Å². The molecule has 1 saturated heterocycles. The van der Waals surface area contributed by atoms with Crippen LogP contribution >= 0.6 is 0 Å². The van der Waals surface area contributed by atoms with Crippen LogP contribution in [0.15, 0.2) is 47.5 Å². The molecule has 1 amide bonds. The Morgan fingerprint density at radius 3 is 2.68 bits per heavy atom. The number of benzene rings is 1. The minimum Gasteiger partial charge on any atom is -0.317 e. The molecule has 0 spiro atoms. The summed E-state index contributed by atoms with van der Waals surface area (Å²) in [6.45, 7) is 1.58. The van der Waals surface area contributed by atoms with E-state index in [9.17, 15) is 22.8 Å². The number of piperidine rings is 1. The van der Waals surface area contributed by atoms with Crippen molar-refractivity contribution in [2.45, 2.75) is 24.2 Å². The molecule has 150 valence electrons. The number of nitrogens with zero attached hydrogens (tertiary/aromatic N) is 2. The van der Waals surface area contributed by atoms with Crippen LogP contribution < -0.4 is 10.1 Å². The minimum atomic E-state index is -4.20. The molecule has 28 heavy (non-hydrogen) atoms. The lowest BCUT2D eigenvalue weighted by Crippen LogP contribution is -2.44. The number of hydrogen-bond acceptors (Lipinski definition) is 6. The molecule has 2 heterocycles. The quantitative estimate of drug-likeness (QED) is 0.495. The molecule has 3 N–H and O–H groups in total. The van der Waals surface area contributed by atoms with Gasteiger partial charge in [0.25, 0.3) is 15.9 Å².